The van der Waals surface area contributed by atoms with Crippen LogP contribution in [0.25, 0.3) is 10.2 Å². The number of fused-ring (bicyclic) bond motifs is 1. The number of esters is 1. The number of ether oxygens (including phenoxy) is 1. The van der Waals surface area contributed by atoms with Gasteiger partial charge < -0.3 is 9.30 Å². The topological polar surface area (TPSA) is 60.7 Å². The Bertz CT molecular complexity index is 1040. The van der Waals surface area contributed by atoms with Gasteiger partial charge >= 0.3 is 5.97 Å². The highest BCUT2D eigenvalue weighted by molar-refractivity contribution is 9.10. The molecular weight excluding hydrogens is 411 g/mol. The molecule has 128 valence electrons. The SMILES string of the molecule is COC(=O)Cn1c(=NC(=O)c2ccccc2Br)sc2cccc(F)c21. The number of carbonyl (C=O) groups is 2. The molecular formula is C17H12BrFN2O3S. The zero-order valence-electron chi connectivity index (χ0n) is 13.0. The van der Waals surface area contributed by atoms with Crippen molar-refractivity contribution >= 4 is 49.4 Å². The van der Waals surface area contributed by atoms with Crippen molar-refractivity contribution in [2.45, 2.75) is 6.54 Å². The van der Waals surface area contributed by atoms with E-state index in [9.17, 15) is 14.0 Å². The summed E-state index contributed by atoms with van der Waals surface area (Å²) in [6, 6.07) is 11.4. The number of hydrogen-bond acceptors (Lipinski definition) is 4. The molecule has 0 atom stereocenters. The van der Waals surface area contributed by atoms with Crippen LogP contribution in [0.1, 0.15) is 10.4 Å². The predicted molar refractivity (Wildman–Crippen MR) is 95.8 cm³/mol. The lowest BCUT2D eigenvalue weighted by molar-refractivity contribution is -0.141. The fraction of sp³-hybridized carbons (Fsp3) is 0.118. The Morgan fingerprint density at radius 1 is 1.24 bits per heavy atom. The van der Waals surface area contributed by atoms with Gasteiger partial charge in [0.05, 0.1) is 22.9 Å². The third-order valence-electron chi connectivity index (χ3n) is 3.47. The molecule has 0 saturated heterocycles. The molecule has 8 heteroatoms. The minimum absolute atomic E-state index is 0.219. The third-order valence-corrected chi connectivity index (χ3v) is 5.20. The lowest BCUT2D eigenvalue weighted by atomic mass is 10.2. The van der Waals surface area contributed by atoms with E-state index in [0.717, 1.165) is 11.3 Å². The van der Waals surface area contributed by atoms with Crippen LogP contribution in [0.2, 0.25) is 0 Å². The highest BCUT2D eigenvalue weighted by atomic mass is 79.9. The van der Waals surface area contributed by atoms with Gasteiger partial charge in [-0.3, -0.25) is 9.59 Å². The van der Waals surface area contributed by atoms with Gasteiger partial charge in [0, 0.05) is 4.47 Å². The quantitative estimate of drug-likeness (QED) is 0.606. The molecule has 2 aromatic carbocycles. The predicted octanol–water partition coefficient (Wildman–Crippen LogP) is 3.52. The van der Waals surface area contributed by atoms with Crippen molar-refractivity contribution in [1.29, 1.82) is 0 Å². The average molecular weight is 423 g/mol. The van der Waals surface area contributed by atoms with E-state index in [0.29, 0.717) is 14.7 Å². The van der Waals surface area contributed by atoms with E-state index in [1.165, 1.54) is 17.7 Å². The first-order chi connectivity index (χ1) is 12.0. The van der Waals surface area contributed by atoms with Crippen molar-refractivity contribution < 1.29 is 18.7 Å². The van der Waals surface area contributed by atoms with Crippen molar-refractivity contribution in [2.75, 3.05) is 7.11 Å². The van der Waals surface area contributed by atoms with Gasteiger partial charge in [0.2, 0.25) is 0 Å². The summed E-state index contributed by atoms with van der Waals surface area (Å²) in [5.74, 6) is -1.54. The molecule has 0 radical (unpaired) electrons. The zero-order valence-corrected chi connectivity index (χ0v) is 15.4. The first-order valence-electron chi connectivity index (χ1n) is 7.19. The molecule has 0 N–H and O–H groups in total. The molecule has 0 unspecified atom stereocenters. The maximum atomic E-state index is 14.2. The highest BCUT2D eigenvalue weighted by Gasteiger charge is 2.16. The van der Waals surface area contributed by atoms with Gasteiger partial charge in [0.15, 0.2) is 4.80 Å². The molecule has 3 rings (SSSR count). The van der Waals surface area contributed by atoms with Crippen LogP contribution < -0.4 is 4.80 Å². The average Bonchev–Trinajstić information content (AvgIpc) is 2.93. The van der Waals surface area contributed by atoms with E-state index in [2.05, 4.69) is 25.7 Å². The number of rotatable bonds is 3. The van der Waals surface area contributed by atoms with Crippen molar-refractivity contribution in [3.63, 3.8) is 0 Å². The third kappa shape index (κ3) is 3.54. The summed E-state index contributed by atoms with van der Waals surface area (Å²) in [6.07, 6.45) is 0. The van der Waals surface area contributed by atoms with Crippen LogP contribution in [0.3, 0.4) is 0 Å². The van der Waals surface area contributed by atoms with Crippen molar-refractivity contribution in [3.8, 4) is 0 Å². The van der Waals surface area contributed by atoms with Gasteiger partial charge in [-0.15, -0.1) is 0 Å². The minimum Gasteiger partial charge on any atom is -0.468 e. The normalized spacial score (nSPS) is 11.7. The van der Waals surface area contributed by atoms with E-state index in [4.69, 9.17) is 0 Å². The van der Waals surface area contributed by atoms with E-state index in [-0.39, 0.29) is 16.9 Å². The maximum Gasteiger partial charge on any atom is 0.325 e. The summed E-state index contributed by atoms with van der Waals surface area (Å²) in [5.41, 5.74) is 0.599. The van der Waals surface area contributed by atoms with Crippen LogP contribution in [-0.4, -0.2) is 23.6 Å². The summed E-state index contributed by atoms with van der Waals surface area (Å²) in [6.45, 7) is -0.237. The molecule has 0 saturated carbocycles. The second-order valence-electron chi connectivity index (χ2n) is 5.03. The van der Waals surface area contributed by atoms with E-state index in [1.807, 2.05) is 0 Å². The molecule has 5 nitrogen and oxygen atoms in total. The Kier molecular flexibility index (Phi) is 5.10. The summed E-state index contributed by atoms with van der Waals surface area (Å²) in [4.78, 5) is 28.5. The molecule has 0 bridgehead atoms. The number of methoxy groups -OCH3 is 1. The number of amides is 1. The van der Waals surface area contributed by atoms with E-state index in [1.54, 1.807) is 36.4 Å². The fourth-order valence-corrected chi connectivity index (χ4v) is 3.79. The van der Waals surface area contributed by atoms with Crippen LogP contribution in [-0.2, 0) is 16.1 Å². The molecule has 1 heterocycles. The molecule has 0 aliphatic heterocycles. The summed E-state index contributed by atoms with van der Waals surface area (Å²) >= 11 is 4.44. The van der Waals surface area contributed by atoms with Crippen LogP contribution in [0.15, 0.2) is 51.9 Å². The van der Waals surface area contributed by atoms with Crippen molar-refractivity contribution in [2.24, 2.45) is 4.99 Å². The first-order valence-corrected chi connectivity index (χ1v) is 8.80. The van der Waals surface area contributed by atoms with Crippen LogP contribution in [0, 0.1) is 5.82 Å². The standard InChI is InChI=1S/C17H12BrFN2O3S/c1-24-14(22)9-21-15-12(19)7-4-8-13(15)25-17(21)20-16(23)10-5-2-3-6-11(10)18/h2-8H,9H2,1H3. The lowest BCUT2D eigenvalue weighted by Crippen LogP contribution is -2.23. The van der Waals surface area contributed by atoms with Gasteiger partial charge in [-0.2, -0.15) is 4.99 Å². The fourth-order valence-electron chi connectivity index (χ4n) is 2.29. The van der Waals surface area contributed by atoms with Gasteiger partial charge in [-0.05, 0) is 40.2 Å². The number of carbonyl (C=O) groups excluding carboxylic acids is 2. The summed E-state index contributed by atoms with van der Waals surface area (Å²) < 4.78 is 21.5. The van der Waals surface area contributed by atoms with Gasteiger partial charge in [-0.1, -0.05) is 29.5 Å². The summed E-state index contributed by atoms with van der Waals surface area (Å²) in [5, 5.41) is 0. The number of benzene rings is 2. The van der Waals surface area contributed by atoms with Crippen LogP contribution in [0.5, 0.6) is 0 Å². The monoisotopic (exact) mass is 422 g/mol. The van der Waals surface area contributed by atoms with Gasteiger partial charge in [-0.25, -0.2) is 4.39 Å². The Hall–Kier alpha value is -2.32. The first kappa shape index (κ1) is 17.5. The van der Waals surface area contributed by atoms with Gasteiger partial charge in [0.1, 0.15) is 12.4 Å². The molecule has 1 aromatic heterocycles. The lowest BCUT2D eigenvalue weighted by Gasteiger charge is -2.04. The molecule has 1 amide bonds. The van der Waals surface area contributed by atoms with Crippen LogP contribution >= 0.6 is 27.3 Å². The Morgan fingerprint density at radius 3 is 2.72 bits per heavy atom. The second kappa shape index (κ2) is 7.28. The number of hydrogen-bond donors (Lipinski definition) is 0. The maximum absolute atomic E-state index is 14.2. The smallest absolute Gasteiger partial charge is 0.325 e. The van der Waals surface area contributed by atoms with Crippen LogP contribution in [0.4, 0.5) is 4.39 Å². The van der Waals surface area contributed by atoms with Crippen molar-refractivity contribution in [1.82, 2.24) is 4.57 Å². The van der Waals surface area contributed by atoms with E-state index < -0.39 is 17.7 Å². The minimum atomic E-state index is -0.558. The number of nitrogens with zero attached hydrogens (tertiary/aromatic N) is 2. The molecule has 0 aliphatic rings. The van der Waals surface area contributed by atoms with Gasteiger partial charge in [0.25, 0.3) is 5.91 Å². The largest absolute Gasteiger partial charge is 0.468 e. The Balaban J connectivity index is 2.19. The highest BCUT2D eigenvalue weighted by Crippen LogP contribution is 2.21. The zero-order chi connectivity index (χ0) is 18.0. The molecule has 0 aliphatic carbocycles. The molecule has 25 heavy (non-hydrogen) atoms. The van der Waals surface area contributed by atoms with Crippen molar-refractivity contribution in [3.05, 3.63) is 63.1 Å². The number of halogens is 2. The Labute approximate surface area is 154 Å². The van der Waals surface area contributed by atoms with E-state index >= 15 is 0 Å². The summed E-state index contributed by atoms with van der Waals surface area (Å²) in [7, 11) is 1.25. The number of para-hydroxylation sites is 1. The number of aromatic nitrogens is 1. The molecule has 0 spiro atoms. The second-order valence-corrected chi connectivity index (χ2v) is 6.89. The molecule has 0 fully saturated rings. The Morgan fingerprint density at radius 2 is 2.00 bits per heavy atom. The number of thiazole rings is 1. The molecule has 3 aromatic rings.